The Labute approximate surface area is 170 Å². The third-order valence-electron chi connectivity index (χ3n) is 3.40. The fourth-order valence-electron chi connectivity index (χ4n) is 1.97. The molecule has 1 atom stereocenters. The van der Waals surface area contributed by atoms with E-state index in [1.807, 2.05) is 6.92 Å². The molecule has 168 valence electrons. The third kappa shape index (κ3) is 17.7. The first kappa shape index (κ1) is 26.9. The van der Waals surface area contributed by atoms with Crippen molar-refractivity contribution in [2.45, 2.75) is 32.7 Å². The molecular formula is C18H32N2O9. The first-order valence-corrected chi connectivity index (χ1v) is 9.46. The number of ketones is 1. The molecule has 0 aromatic rings. The van der Waals surface area contributed by atoms with Crippen molar-refractivity contribution in [2.75, 3.05) is 59.4 Å². The van der Waals surface area contributed by atoms with Crippen molar-refractivity contribution in [1.29, 1.82) is 0 Å². The van der Waals surface area contributed by atoms with Crippen LogP contribution in [0.25, 0.3) is 0 Å². The number of hydrogen-bond acceptors (Lipinski definition) is 8. The molecule has 0 aromatic carbocycles. The van der Waals surface area contributed by atoms with Crippen molar-refractivity contribution in [1.82, 2.24) is 10.6 Å². The Bertz CT molecular complexity index is 500. The zero-order valence-electron chi connectivity index (χ0n) is 17.1. The fraction of sp³-hybridized carbons (Fsp3) is 0.778. The van der Waals surface area contributed by atoms with Crippen molar-refractivity contribution in [3.05, 3.63) is 0 Å². The summed E-state index contributed by atoms with van der Waals surface area (Å²) < 4.78 is 20.5. The number of rotatable bonds is 19. The summed E-state index contributed by atoms with van der Waals surface area (Å²) in [6, 6.07) is -1.13. The summed E-state index contributed by atoms with van der Waals surface area (Å²) in [5, 5.41) is 13.9. The van der Waals surface area contributed by atoms with Crippen LogP contribution < -0.4 is 10.6 Å². The number of carboxylic acid groups (broad SMARTS) is 1. The molecule has 0 saturated heterocycles. The topological polar surface area (TPSA) is 149 Å². The molecule has 0 saturated carbocycles. The average molecular weight is 420 g/mol. The molecule has 0 radical (unpaired) electrons. The second-order valence-electron chi connectivity index (χ2n) is 5.96. The van der Waals surface area contributed by atoms with Crippen molar-refractivity contribution >= 4 is 23.6 Å². The molecule has 0 spiro atoms. The monoisotopic (exact) mass is 420 g/mol. The Kier molecular flexibility index (Phi) is 16.7. The maximum Gasteiger partial charge on any atom is 0.326 e. The van der Waals surface area contributed by atoms with E-state index in [-0.39, 0.29) is 57.6 Å². The van der Waals surface area contributed by atoms with E-state index in [9.17, 15) is 19.2 Å². The molecule has 11 nitrogen and oxygen atoms in total. The lowest BCUT2D eigenvalue weighted by atomic mass is 10.1. The number of hydrogen-bond donors (Lipinski definition) is 3. The SMILES string of the molecule is CCOCCOCC(=O)NCCOCCOCC(=O)N[C@@H](CCC(C)=O)C(=O)O. The van der Waals surface area contributed by atoms with Crippen LogP contribution >= 0.6 is 0 Å². The Hall–Kier alpha value is -2.08. The van der Waals surface area contributed by atoms with E-state index in [0.717, 1.165) is 0 Å². The van der Waals surface area contributed by atoms with Gasteiger partial charge >= 0.3 is 5.97 Å². The van der Waals surface area contributed by atoms with E-state index in [2.05, 4.69) is 10.6 Å². The number of carbonyl (C=O) groups is 4. The largest absolute Gasteiger partial charge is 0.480 e. The van der Waals surface area contributed by atoms with E-state index >= 15 is 0 Å². The van der Waals surface area contributed by atoms with Crippen LogP contribution in [0.1, 0.15) is 26.7 Å². The van der Waals surface area contributed by atoms with Gasteiger partial charge in [-0.25, -0.2) is 4.79 Å². The predicted molar refractivity (Wildman–Crippen MR) is 101 cm³/mol. The van der Waals surface area contributed by atoms with Gasteiger partial charge in [0.05, 0.1) is 33.0 Å². The summed E-state index contributed by atoms with van der Waals surface area (Å²) in [6.45, 7) is 5.19. The minimum Gasteiger partial charge on any atom is -0.480 e. The lowest BCUT2D eigenvalue weighted by Gasteiger charge is -2.14. The second kappa shape index (κ2) is 18.0. The smallest absolute Gasteiger partial charge is 0.326 e. The van der Waals surface area contributed by atoms with Gasteiger partial charge in [-0.3, -0.25) is 9.59 Å². The van der Waals surface area contributed by atoms with Crippen molar-refractivity contribution in [3.8, 4) is 0 Å². The highest BCUT2D eigenvalue weighted by Gasteiger charge is 2.20. The fourth-order valence-corrected chi connectivity index (χ4v) is 1.97. The molecule has 0 aromatic heterocycles. The number of carbonyl (C=O) groups excluding carboxylic acids is 3. The quantitative estimate of drug-likeness (QED) is 0.227. The van der Waals surface area contributed by atoms with Crippen molar-refractivity contribution < 1.29 is 43.2 Å². The molecule has 0 aliphatic heterocycles. The van der Waals surface area contributed by atoms with Crippen LogP contribution in [0.5, 0.6) is 0 Å². The summed E-state index contributed by atoms with van der Waals surface area (Å²) in [4.78, 5) is 45.1. The molecule has 0 unspecified atom stereocenters. The molecule has 2 amide bonds. The summed E-state index contributed by atoms with van der Waals surface area (Å²) in [5.74, 6) is -2.19. The lowest BCUT2D eigenvalue weighted by Crippen LogP contribution is -2.42. The van der Waals surface area contributed by atoms with Crippen molar-refractivity contribution in [2.24, 2.45) is 0 Å². The molecule has 29 heavy (non-hydrogen) atoms. The Morgan fingerprint density at radius 3 is 2.03 bits per heavy atom. The molecular weight excluding hydrogens is 388 g/mol. The molecule has 0 rings (SSSR count). The van der Waals surface area contributed by atoms with Gasteiger partial charge in [0.25, 0.3) is 0 Å². The summed E-state index contributed by atoms with van der Waals surface area (Å²) in [5.41, 5.74) is 0. The average Bonchev–Trinajstić information content (AvgIpc) is 2.66. The molecule has 0 aliphatic carbocycles. The highest BCUT2D eigenvalue weighted by molar-refractivity contribution is 5.85. The summed E-state index contributed by atoms with van der Waals surface area (Å²) >= 11 is 0. The van der Waals surface area contributed by atoms with Crippen LogP contribution in [0.2, 0.25) is 0 Å². The zero-order valence-corrected chi connectivity index (χ0v) is 17.1. The highest BCUT2D eigenvalue weighted by atomic mass is 16.5. The number of nitrogens with one attached hydrogen (secondary N) is 2. The number of carboxylic acids is 1. The molecule has 3 N–H and O–H groups in total. The van der Waals surface area contributed by atoms with E-state index in [1.54, 1.807) is 0 Å². The number of Topliss-reactive ketones (excluding diaryl/α,β-unsaturated/α-hetero) is 1. The normalized spacial score (nSPS) is 11.7. The predicted octanol–water partition coefficient (Wildman–Crippen LogP) is -0.872. The van der Waals surface area contributed by atoms with Crippen LogP contribution in [0.15, 0.2) is 0 Å². The van der Waals surface area contributed by atoms with Crippen LogP contribution in [-0.2, 0) is 38.1 Å². The van der Waals surface area contributed by atoms with E-state index in [4.69, 9.17) is 24.1 Å². The Morgan fingerprint density at radius 1 is 0.862 bits per heavy atom. The van der Waals surface area contributed by atoms with Crippen LogP contribution in [-0.4, -0.2) is 94.1 Å². The van der Waals surface area contributed by atoms with E-state index in [1.165, 1.54) is 6.92 Å². The minimum atomic E-state index is -1.20. The molecule has 0 aliphatic rings. The first-order valence-electron chi connectivity index (χ1n) is 9.46. The van der Waals surface area contributed by atoms with Crippen LogP contribution in [0, 0.1) is 0 Å². The molecule has 0 heterocycles. The maximum absolute atomic E-state index is 11.7. The van der Waals surface area contributed by atoms with Crippen LogP contribution in [0.4, 0.5) is 0 Å². The summed E-state index contributed by atoms with van der Waals surface area (Å²) in [6.07, 6.45) is 0.102. The summed E-state index contributed by atoms with van der Waals surface area (Å²) in [7, 11) is 0. The molecule has 0 fully saturated rings. The van der Waals surface area contributed by atoms with Gasteiger partial charge in [-0.05, 0) is 20.3 Å². The van der Waals surface area contributed by atoms with E-state index < -0.39 is 17.9 Å². The Morgan fingerprint density at radius 2 is 1.45 bits per heavy atom. The second-order valence-corrected chi connectivity index (χ2v) is 5.96. The van der Waals surface area contributed by atoms with Gasteiger partial charge in [0, 0.05) is 19.6 Å². The first-order chi connectivity index (χ1) is 13.9. The third-order valence-corrected chi connectivity index (χ3v) is 3.40. The van der Waals surface area contributed by atoms with Crippen molar-refractivity contribution in [3.63, 3.8) is 0 Å². The van der Waals surface area contributed by atoms with Gasteiger partial charge in [0.1, 0.15) is 25.0 Å². The number of ether oxygens (including phenoxy) is 4. The molecule has 0 bridgehead atoms. The number of aliphatic carboxylic acids is 1. The van der Waals surface area contributed by atoms with Crippen LogP contribution in [0.3, 0.4) is 0 Å². The van der Waals surface area contributed by atoms with Gasteiger partial charge in [-0.2, -0.15) is 0 Å². The van der Waals surface area contributed by atoms with Gasteiger partial charge in [0.15, 0.2) is 0 Å². The highest BCUT2D eigenvalue weighted by Crippen LogP contribution is 1.99. The van der Waals surface area contributed by atoms with Gasteiger partial charge in [-0.1, -0.05) is 0 Å². The maximum atomic E-state index is 11.7. The minimum absolute atomic E-state index is 0.0306. The standard InChI is InChI=1S/C18H32N2O9/c1-3-26-8-10-28-12-16(22)19-6-7-27-9-11-29-13-17(23)20-15(18(24)25)5-4-14(2)21/h15H,3-13H2,1-2H3,(H,19,22)(H,20,23)(H,24,25)/t15-/m0/s1. The Balaban J connectivity index is 3.61. The van der Waals surface area contributed by atoms with Gasteiger partial charge in [0.2, 0.25) is 11.8 Å². The zero-order chi connectivity index (χ0) is 21.9. The number of amides is 2. The van der Waals surface area contributed by atoms with Gasteiger partial charge in [-0.15, -0.1) is 0 Å². The van der Waals surface area contributed by atoms with Gasteiger partial charge < -0.3 is 39.5 Å². The lowest BCUT2D eigenvalue weighted by molar-refractivity contribution is -0.143. The molecule has 11 heteroatoms. The van der Waals surface area contributed by atoms with E-state index in [0.29, 0.717) is 26.4 Å².